The molecule has 3 aromatic rings. The summed E-state index contributed by atoms with van der Waals surface area (Å²) in [4.78, 5) is 12.5. The van der Waals surface area contributed by atoms with Crippen LogP contribution in [0.4, 0.5) is 10.1 Å². The number of nitrogens with zero attached hydrogens (tertiary/aromatic N) is 1. The van der Waals surface area contributed by atoms with Crippen molar-refractivity contribution in [1.82, 2.24) is 5.32 Å². The minimum absolute atomic E-state index is 0.0366. The van der Waals surface area contributed by atoms with Gasteiger partial charge in [0.15, 0.2) is 0 Å². The van der Waals surface area contributed by atoms with Crippen LogP contribution in [0, 0.1) is 5.82 Å². The Balaban J connectivity index is 2.10. The predicted molar refractivity (Wildman–Crippen MR) is 115 cm³/mol. The van der Waals surface area contributed by atoms with Crippen molar-refractivity contribution in [2.45, 2.75) is 31.3 Å². The Labute approximate surface area is 176 Å². The number of amides is 1. The van der Waals surface area contributed by atoms with Crippen LogP contribution in [0.3, 0.4) is 0 Å². The first kappa shape index (κ1) is 21.5. The van der Waals surface area contributed by atoms with Gasteiger partial charge in [-0.3, -0.25) is 9.10 Å². The van der Waals surface area contributed by atoms with Crippen LogP contribution in [0.1, 0.15) is 29.8 Å². The van der Waals surface area contributed by atoms with Gasteiger partial charge in [0.2, 0.25) is 0 Å². The van der Waals surface area contributed by atoms with Crippen molar-refractivity contribution < 1.29 is 17.6 Å². The maximum atomic E-state index is 14.4. The van der Waals surface area contributed by atoms with Crippen LogP contribution in [-0.4, -0.2) is 20.4 Å². The molecule has 0 saturated heterocycles. The van der Waals surface area contributed by atoms with Crippen LogP contribution < -0.4 is 9.62 Å². The summed E-state index contributed by atoms with van der Waals surface area (Å²) in [5.41, 5.74) is 0.759. The summed E-state index contributed by atoms with van der Waals surface area (Å²) < 4.78 is 42.4. The van der Waals surface area contributed by atoms with Gasteiger partial charge in [-0.25, -0.2) is 12.8 Å². The van der Waals surface area contributed by atoms with Gasteiger partial charge < -0.3 is 5.32 Å². The number of nitrogens with one attached hydrogen (secondary N) is 1. The second-order valence-electron chi connectivity index (χ2n) is 7.10. The lowest BCUT2D eigenvalue weighted by Gasteiger charge is -2.25. The number of anilines is 1. The summed E-state index contributed by atoms with van der Waals surface area (Å²) in [6.45, 7) is 3.57. The van der Waals surface area contributed by atoms with Gasteiger partial charge >= 0.3 is 0 Å². The summed E-state index contributed by atoms with van der Waals surface area (Å²) in [5.74, 6) is -1.31. The van der Waals surface area contributed by atoms with Gasteiger partial charge in [-0.05, 0) is 49.7 Å². The van der Waals surface area contributed by atoms with Crippen molar-refractivity contribution in [2.75, 3.05) is 4.31 Å². The zero-order valence-electron chi connectivity index (χ0n) is 16.7. The number of carbonyl (C=O) groups excluding carboxylic acids is 1. The van der Waals surface area contributed by atoms with Crippen molar-refractivity contribution in [1.29, 1.82) is 0 Å². The molecule has 0 atom stereocenters. The van der Waals surface area contributed by atoms with E-state index >= 15 is 0 Å². The van der Waals surface area contributed by atoms with E-state index in [1.165, 1.54) is 28.6 Å². The molecular formula is C23H23FN2O3S. The van der Waals surface area contributed by atoms with Crippen LogP contribution in [0.5, 0.6) is 0 Å². The molecule has 0 aromatic heterocycles. The molecule has 3 rings (SSSR count). The molecule has 0 bridgehead atoms. The topological polar surface area (TPSA) is 66.5 Å². The van der Waals surface area contributed by atoms with Crippen LogP contribution in [0.15, 0.2) is 83.8 Å². The minimum Gasteiger partial charge on any atom is -0.350 e. The van der Waals surface area contributed by atoms with Crippen molar-refractivity contribution in [3.05, 3.63) is 95.8 Å². The van der Waals surface area contributed by atoms with E-state index in [4.69, 9.17) is 0 Å². The van der Waals surface area contributed by atoms with Crippen LogP contribution >= 0.6 is 0 Å². The number of carbonyl (C=O) groups is 1. The fourth-order valence-corrected chi connectivity index (χ4v) is 4.43. The summed E-state index contributed by atoms with van der Waals surface area (Å²) >= 11 is 0. The van der Waals surface area contributed by atoms with Gasteiger partial charge in [-0.15, -0.1) is 0 Å². The SMILES string of the molecule is CC(C)NC(=O)c1cc(N(Cc2ccccc2)S(=O)(=O)c2ccccc2)ccc1F. The maximum absolute atomic E-state index is 14.4. The van der Waals surface area contributed by atoms with Gasteiger partial charge in [0, 0.05) is 6.04 Å². The lowest BCUT2D eigenvalue weighted by Crippen LogP contribution is -2.33. The average molecular weight is 427 g/mol. The molecule has 0 aliphatic carbocycles. The fraction of sp³-hybridized carbons (Fsp3) is 0.174. The predicted octanol–water partition coefficient (Wildman–Crippen LogP) is 4.36. The highest BCUT2D eigenvalue weighted by Crippen LogP contribution is 2.28. The van der Waals surface area contributed by atoms with E-state index in [2.05, 4.69) is 5.32 Å². The van der Waals surface area contributed by atoms with Crippen molar-refractivity contribution >= 4 is 21.6 Å². The molecule has 1 amide bonds. The number of hydrogen-bond donors (Lipinski definition) is 1. The largest absolute Gasteiger partial charge is 0.350 e. The van der Waals surface area contributed by atoms with Crippen LogP contribution in [0.25, 0.3) is 0 Å². The number of hydrogen-bond acceptors (Lipinski definition) is 3. The van der Waals surface area contributed by atoms with Crippen molar-refractivity contribution in [3.63, 3.8) is 0 Å². The Hall–Kier alpha value is -3.19. The third kappa shape index (κ3) is 4.86. The van der Waals surface area contributed by atoms with Gasteiger partial charge in [0.1, 0.15) is 5.82 Å². The maximum Gasteiger partial charge on any atom is 0.264 e. The summed E-state index contributed by atoms with van der Waals surface area (Å²) in [6.07, 6.45) is 0. The normalized spacial score (nSPS) is 11.3. The number of halogens is 1. The molecule has 0 aliphatic heterocycles. The molecule has 0 heterocycles. The molecule has 0 spiro atoms. The first-order chi connectivity index (χ1) is 14.3. The van der Waals surface area contributed by atoms with Crippen LogP contribution in [-0.2, 0) is 16.6 Å². The smallest absolute Gasteiger partial charge is 0.264 e. The Kier molecular flexibility index (Phi) is 6.52. The molecule has 0 aliphatic rings. The zero-order chi connectivity index (χ0) is 21.7. The van der Waals surface area contributed by atoms with E-state index in [0.29, 0.717) is 0 Å². The highest BCUT2D eigenvalue weighted by molar-refractivity contribution is 7.92. The molecule has 5 nitrogen and oxygen atoms in total. The highest BCUT2D eigenvalue weighted by atomic mass is 32.2. The molecule has 0 radical (unpaired) electrons. The van der Waals surface area contributed by atoms with E-state index in [9.17, 15) is 17.6 Å². The monoisotopic (exact) mass is 426 g/mol. The Morgan fingerprint density at radius 1 is 0.967 bits per heavy atom. The number of rotatable bonds is 7. The summed E-state index contributed by atoms with van der Waals surface area (Å²) in [5, 5.41) is 2.64. The molecule has 7 heteroatoms. The highest BCUT2D eigenvalue weighted by Gasteiger charge is 2.26. The third-order valence-corrected chi connectivity index (χ3v) is 6.19. The van der Waals surface area contributed by atoms with Crippen molar-refractivity contribution in [2.24, 2.45) is 0 Å². The molecule has 0 saturated carbocycles. The third-order valence-electron chi connectivity index (χ3n) is 4.40. The molecular weight excluding hydrogens is 403 g/mol. The first-order valence-electron chi connectivity index (χ1n) is 9.51. The lowest BCUT2D eigenvalue weighted by molar-refractivity contribution is 0.0939. The van der Waals surface area contributed by atoms with Gasteiger partial charge in [0.05, 0.1) is 22.7 Å². The lowest BCUT2D eigenvalue weighted by atomic mass is 10.1. The second-order valence-corrected chi connectivity index (χ2v) is 8.96. The van der Waals surface area contributed by atoms with Gasteiger partial charge in [-0.1, -0.05) is 48.5 Å². The van der Waals surface area contributed by atoms with E-state index in [1.54, 1.807) is 32.0 Å². The second kappa shape index (κ2) is 9.09. The fourth-order valence-electron chi connectivity index (χ4n) is 2.97. The molecule has 3 aromatic carbocycles. The quantitative estimate of drug-likeness (QED) is 0.610. The number of sulfonamides is 1. The Bertz CT molecular complexity index is 1120. The molecule has 0 unspecified atom stereocenters. The average Bonchev–Trinajstić information content (AvgIpc) is 2.73. The van der Waals surface area contributed by atoms with Crippen molar-refractivity contribution in [3.8, 4) is 0 Å². The van der Waals surface area contributed by atoms with E-state index in [0.717, 1.165) is 11.6 Å². The standard InChI is InChI=1S/C23H23FN2O3S/c1-17(2)25-23(27)21-15-19(13-14-22(21)24)26(16-18-9-5-3-6-10-18)30(28,29)20-11-7-4-8-12-20/h3-15,17H,16H2,1-2H3,(H,25,27). The Morgan fingerprint density at radius 3 is 2.17 bits per heavy atom. The van der Waals surface area contributed by atoms with Gasteiger partial charge in [-0.2, -0.15) is 0 Å². The van der Waals surface area contributed by atoms with E-state index in [-0.39, 0.29) is 28.7 Å². The van der Waals surface area contributed by atoms with E-state index < -0.39 is 21.7 Å². The zero-order valence-corrected chi connectivity index (χ0v) is 17.6. The molecule has 30 heavy (non-hydrogen) atoms. The minimum atomic E-state index is -3.95. The molecule has 1 N–H and O–H groups in total. The molecule has 0 fully saturated rings. The van der Waals surface area contributed by atoms with Gasteiger partial charge in [0.25, 0.3) is 15.9 Å². The first-order valence-corrected chi connectivity index (χ1v) is 10.9. The van der Waals surface area contributed by atoms with Crippen LogP contribution in [0.2, 0.25) is 0 Å². The Morgan fingerprint density at radius 2 is 1.57 bits per heavy atom. The van der Waals surface area contributed by atoms with E-state index in [1.807, 2.05) is 30.3 Å². The number of benzene rings is 3. The molecule has 156 valence electrons. The summed E-state index contributed by atoms with van der Waals surface area (Å²) in [6, 6.07) is 20.7. The summed E-state index contributed by atoms with van der Waals surface area (Å²) in [7, 11) is -3.95.